The molecule has 0 amide bonds. The van der Waals surface area contributed by atoms with E-state index in [4.69, 9.17) is 4.74 Å². The second-order valence-electron chi connectivity index (χ2n) is 5.19. The van der Waals surface area contributed by atoms with Crippen molar-refractivity contribution in [1.82, 2.24) is 0 Å². The SMILES string of the molecule is [CH3][Sn]([CH3])([CH3])[C]#CCOCC1C=CCCC1. The molecule has 1 nitrogen and oxygen atoms in total. The summed E-state index contributed by atoms with van der Waals surface area (Å²) in [6, 6.07) is 0. The summed E-state index contributed by atoms with van der Waals surface area (Å²) in [5.74, 6) is 3.80. The molecule has 1 unspecified atom stereocenters. The van der Waals surface area contributed by atoms with Crippen molar-refractivity contribution in [3.63, 3.8) is 0 Å². The molecule has 0 bridgehead atoms. The van der Waals surface area contributed by atoms with E-state index >= 15 is 0 Å². The van der Waals surface area contributed by atoms with Gasteiger partial charge in [-0.1, -0.05) is 0 Å². The zero-order chi connectivity index (χ0) is 11.1. The second kappa shape index (κ2) is 6.60. The molecule has 1 atom stereocenters. The number of allylic oxidation sites excluding steroid dienone is 1. The molecule has 84 valence electrons. The molecule has 0 aromatic rings. The quantitative estimate of drug-likeness (QED) is 0.336. The molecule has 0 N–H and O–H groups in total. The molecule has 1 aliphatic rings. The van der Waals surface area contributed by atoms with E-state index in [-0.39, 0.29) is 0 Å². The third kappa shape index (κ3) is 7.03. The van der Waals surface area contributed by atoms with Crippen LogP contribution in [0.5, 0.6) is 0 Å². The van der Waals surface area contributed by atoms with Gasteiger partial charge in [0.05, 0.1) is 0 Å². The number of hydrogen-bond donors (Lipinski definition) is 0. The van der Waals surface area contributed by atoms with Crippen molar-refractivity contribution in [2.24, 2.45) is 5.92 Å². The van der Waals surface area contributed by atoms with E-state index in [0.717, 1.165) is 6.61 Å². The maximum absolute atomic E-state index is 5.58. The van der Waals surface area contributed by atoms with Crippen LogP contribution < -0.4 is 0 Å². The van der Waals surface area contributed by atoms with Crippen molar-refractivity contribution >= 4 is 18.4 Å². The van der Waals surface area contributed by atoms with Crippen LogP contribution in [0.15, 0.2) is 12.2 Å². The van der Waals surface area contributed by atoms with E-state index in [1.807, 2.05) is 0 Å². The summed E-state index contributed by atoms with van der Waals surface area (Å²) in [5.41, 5.74) is 0. The topological polar surface area (TPSA) is 9.23 Å². The van der Waals surface area contributed by atoms with Crippen molar-refractivity contribution in [1.29, 1.82) is 0 Å². The van der Waals surface area contributed by atoms with Crippen LogP contribution in [0, 0.1) is 15.8 Å². The Hall–Kier alpha value is 0.0587. The Labute approximate surface area is 98.2 Å². The van der Waals surface area contributed by atoms with Crippen LogP contribution in [-0.2, 0) is 4.74 Å². The molecular formula is C13H22OSn. The molecule has 0 fully saturated rings. The third-order valence-corrected chi connectivity index (χ3v) is 4.97. The molecule has 1 aliphatic carbocycles. The minimum atomic E-state index is -1.86. The van der Waals surface area contributed by atoms with Gasteiger partial charge < -0.3 is 0 Å². The summed E-state index contributed by atoms with van der Waals surface area (Å²) in [5, 5.41) is 0. The number of ether oxygens (including phenoxy) is 1. The van der Waals surface area contributed by atoms with Gasteiger partial charge in [0.15, 0.2) is 0 Å². The number of rotatable bonds is 3. The molecule has 2 heteroatoms. The fraction of sp³-hybridized carbons (Fsp3) is 0.692. The van der Waals surface area contributed by atoms with E-state index < -0.39 is 18.4 Å². The molecule has 0 radical (unpaired) electrons. The molecule has 0 aromatic heterocycles. The van der Waals surface area contributed by atoms with Crippen LogP contribution in [-0.4, -0.2) is 31.6 Å². The summed E-state index contributed by atoms with van der Waals surface area (Å²) in [7, 11) is 0. The summed E-state index contributed by atoms with van der Waals surface area (Å²) < 4.78 is 8.95. The molecule has 0 aliphatic heterocycles. The first-order valence-corrected chi connectivity index (χ1v) is 15.8. The predicted octanol–water partition coefficient (Wildman–Crippen LogP) is 3.24. The van der Waals surface area contributed by atoms with Gasteiger partial charge >= 0.3 is 98.3 Å². The zero-order valence-electron chi connectivity index (χ0n) is 10.2. The molecule has 0 spiro atoms. The molecule has 0 saturated heterocycles. The average Bonchev–Trinajstić information content (AvgIpc) is 2.17. The van der Waals surface area contributed by atoms with Crippen molar-refractivity contribution in [3.8, 4) is 9.86 Å². The molecule has 0 heterocycles. The van der Waals surface area contributed by atoms with Gasteiger partial charge in [-0.15, -0.1) is 0 Å². The molecule has 0 saturated carbocycles. The maximum atomic E-state index is 5.58. The minimum absolute atomic E-state index is 0.624. The van der Waals surface area contributed by atoms with Gasteiger partial charge in [0, 0.05) is 0 Å². The predicted molar refractivity (Wildman–Crippen MR) is 68.4 cm³/mol. The Morgan fingerprint density at radius 3 is 2.80 bits per heavy atom. The summed E-state index contributed by atoms with van der Waals surface area (Å²) in [4.78, 5) is 6.97. The average molecular weight is 313 g/mol. The third-order valence-electron chi connectivity index (χ3n) is 2.32. The Kier molecular flexibility index (Phi) is 5.78. The van der Waals surface area contributed by atoms with Crippen molar-refractivity contribution in [2.75, 3.05) is 13.2 Å². The van der Waals surface area contributed by atoms with E-state index in [9.17, 15) is 0 Å². The zero-order valence-corrected chi connectivity index (χ0v) is 13.0. The van der Waals surface area contributed by atoms with Gasteiger partial charge in [0.25, 0.3) is 0 Å². The van der Waals surface area contributed by atoms with Crippen LogP contribution in [0.1, 0.15) is 19.3 Å². The van der Waals surface area contributed by atoms with Crippen molar-refractivity contribution in [2.45, 2.75) is 34.1 Å². The van der Waals surface area contributed by atoms with E-state index in [1.54, 1.807) is 0 Å². The summed E-state index contributed by atoms with van der Waals surface area (Å²) >= 11 is -1.86. The van der Waals surface area contributed by atoms with Gasteiger partial charge in [-0.25, -0.2) is 0 Å². The van der Waals surface area contributed by atoms with Gasteiger partial charge in [-0.05, 0) is 0 Å². The van der Waals surface area contributed by atoms with E-state index in [2.05, 4.69) is 36.8 Å². The monoisotopic (exact) mass is 314 g/mol. The Morgan fingerprint density at radius 1 is 1.40 bits per heavy atom. The molecular weight excluding hydrogens is 291 g/mol. The van der Waals surface area contributed by atoms with Gasteiger partial charge in [0.2, 0.25) is 0 Å². The molecule has 0 aromatic carbocycles. The number of hydrogen-bond acceptors (Lipinski definition) is 1. The van der Waals surface area contributed by atoms with Gasteiger partial charge in [-0.3, -0.25) is 0 Å². The first kappa shape index (κ1) is 13.1. The summed E-state index contributed by atoms with van der Waals surface area (Å²) in [6.45, 7) is 1.48. The molecule has 1 rings (SSSR count). The van der Waals surface area contributed by atoms with E-state index in [0.29, 0.717) is 12.5 Å². The van der Waals surface area contributed by atoms with Crippen LogP contribution in [0.3, 0.4) is 0 Å². The van der Waals surface area contributed by atoms with Crippen LogP contribution in [0.25, 0.3) is 0 Å². The van der Waals surface area contributed by atoms with Crippen LogP contribution in [0.2, 0.25) is 14.8 Å². The Morgan fingerprint density at radius 2 is 2.20 bits per heavy atom. The van der Waals surface area contributed by atoms with Gasteiger partial charge in [-0.2, -0.15) is 0 Å². The second-order valence-corrected chi connectivity index (χ2v) is 18.7. The first-order valence-electron chi connectivity index (χ1n) is 5.82. The van der Waals surface area contributed by atoms with Gasteiger partial charge in [0.1, 0.15) is 0 Å². The fourth-order valence-electron chi connectivity index (χ4n) is 1.58. The Balaban J connectivity index is 2.13. The standard InChI is InChI=1S/C10H13O.3CH3.Sn/c1-2-8-11-9-10-6-4-3-5-7-10;;;;/h4,6,10H,3,5,7-9H2;3*1H3;. The fourth-order valence-corrected chi connectivity index (χ4v) is 3.30. The van der Waals surface area contributed by atoms with Crippen molar-refractivity contribution < 1.29 is 4.74 Å². The van der Waals surface area contributed by atoms with Crippen LogP contribution >= 0.6 is 0 Å². The Bertz CT molecular complexity index is 264. The van der Waals surface area contributed by atoms with Crippen molar-refractivity contribution in [3.05, 3.63) is 12.2 Å². The van der Waals surface area contributed by atoms with Crippen LogP contribution in [0.4, 0.5) is 0 Å². The summed E-state index contributed by atoms with van der Waals surface area (Å²) in [6.07, 6.45) is 8.40. The molecule has 15 heavy (non-hydrogen) atoms. The first-order chi connectivity index (χ1) is 7.08. The van der Waals surface area contributed by atoms with E-state index in [1.165, 1.54) is 19.3 Å². The normalized spacial score (nSPS) is 20.9.